The van der Waals surface area contributed by atoms with Crippen molar-refractivity contribution >= 4 is 40.2 Å². The van der Waals surface area contributed by atoms with Gasteiger partial charge in [-0.2, -0.15) is 0 Å². The number of carbonyl (C=O) groups excluding carboxylic acids is 1. The summed E-state index contributed by atoms with van der Waals surface area (Å²) >= 11 is 0. The van der Waals surface area contributed by atoms with Crippen LogP contribution in [0, 0.1) is 16.0 Å². The Morgan fingerprint density at radius 2 is 1.79 bits per heavy atom. The molecule has 0 unspecified atom stereocenters. The van der Waals surface area contributed by atoms with Gasteiger partial charge < -0.3 is 16.2 Å². The van der Waals surface area contributed by atoms with Crippen LogP contribution in [-0.2, 0) is 4.79 Å². The highest BCUT2D eigenvalue weighted by Gasteiger charge is 2.30. The van der Waals surface area contributed by atoms with Gasteiger partial charge in [-0.1, -0.05) is 18.2 Å². The molecular weight excluding hydrogens is 506 g/mol. The Bertz CT molecular complexity index is 1660. The smallest absolute Gasteiger partial charge is 0.306 e. The third-order valence-electron chi connectivity index (χ3n) is 6.85. The molecule has 39 heavy (non-hydrogen) atoms. The van der Waals surface area contributed by atoms with E-state index in [2.05, 4.69) is 20.3 Å². The zero-order valence-electron chi connectivity index (χ0n) is 20.5. The maximum Gasteiger partial charge on any atom is 0.306 e. The lowest BCUT2D eigenvalue weighted by Gasteiger charge is -2.28. The zero-order chi connectivity index (χ0) is 27.7. The van der Waals surface area contributed by atoms with E-state index in [0.717, 1.165) is 0 Å². The number of rotatable bonds is 6. The van der Waals surface area contributed by atoms with Gasteiger partial charge in [-0.15, -0.1) is 0 Å². The lowest BCUT2D eigenvalue weighted by Crippen LogP contribution is -2.32. The highest BCUT2D eigenvalue weighted by molar-refractivity contribution is 6.04. The summed E-state index contributed by atoms with van der Waals surface area (Å²) in [6, 6.07) is 11.5. The number of carbonyl (C=O) groups is 2. The molecule has 4 N–H and O–H groups in total. The Morgan fingerprint density at radius 1 is 1.08 bits per heavy atom. The van der Waals surface area contributed by atoms with Gasteiger partial charge in [-0.05, 0) is 43.9 Å². The average Bonchev–Trinajstić information content (AvgIpc) is 2.93. The van der Waals surface area contributed by atoms with Crippen LogP contribution in [-0.4, -0.2) is 41.4 Å². The molecule has 0 radical (unpaired) electrons. The van der Waals surface area contributed by atoms with Gasteiger partial charge in [0.2, 0.25) is 0 Å². The second kappa shape index (κ2) is 10.3. The highest BCUT2D eigenvalue weighted by atomic mass is 16.6. The summed E-state index contributed by atoms with van der Waals surface area (Å²) in [5.41, 5.74) is 7.11. The predicted octanol–water partition coefficient (Wildman–Crippen LogP) is 3.41. The number of aromatic nitrogens is 4. The van der Waals surface area contributed by atoms with Crippen molar-refractivity contribution in [3.63, 3.8) is 0 Å². The number of carboxylic acids is 1. The van der Waals surface area contributed by atoms with Gasteiger partial charge in [-0.25, -0.2) is 15.0 Å². The van der Waals surface area contributed by atoms with Crippen molar-refractivity contribution in [1.82, 2.24) is 19.5 Å². The molecule has 0 atom stereocenters. The number of nitro benzene ring substituents is 1. The summed E-state index contributed by atoms with van der Waals surface area (Å²) in [6.07, 6.45) is 3.08. The topological polar surface area (TPSA) is 196 Å². The van der Waals surface area contributed by atoms with Crippen LogP contribution in [0.3, 0.4) is 0 Å². The van der Waals surface area contributed by atoms with Gasteiger partial charge in [0, 0.05) is 35.0 Å². The van der Waals surface area contributed by atoms with Crippen molar-refractivity contribution in [2.24, 2.45) is 5.92 Å². The lowest BCUT2D eigenvalue weighted by molar-refractivity contribution is -0.384. The third kappa shape index (κ3) is 5.01. The number of hydrogen-bond acceptors (Lipinski definition) is 9. The quantitative estimate of drug-likeness (QED) is 0.246. The monoisotopic (exact) mass is 529 g/mol. The number of aliphatic carboxylic acids is 1. The molecule has 13 heteroatoms. The number of hydrogen-bond donors (Lipinski definition) is 3. The summed E-state index contributed by atoms with van der Waals surface area (Å²) in [7, 11) is 0. The molecule has 198 valence electrons. The molecule has 0 aliphatic heterocycles. The molecule has 1 fully saturated rings. The Labute approximate surface area is 220 Å². The number of nitrogen functional groups attached to an aromatic ring is 1. The summed E-state index contributed by atoms with van der Waals surface area (Å²) in [4.78, 5) is 61.0. The van der Waals surface area contributed by atoms with E-state index in [1.165, 1.54) is 47.3 Å². The summed E-state index contributed by atoms with van der Waals surface area (Å²) < 4.78 is 1.52. The van der Waals surface area contributed by atoms with E-state index < -0.39 is 28.3 Å². The average molecular weight is 530 g/mol. The zero-order valence-corrected chi connectivity index (χ0v) is 20.5. The van der Waals surface area contributed by atoms with Gasteiger partial charge in [0.25, 0.3) is 17.2 Å². The molecule has 2 heterocycles. The van der Waals surface area contributed by atoms with E-state index >= 15 is 0 Å². The van der Waals surface area contributed by atoms with E-state index in [9.17, 15) is 29.6 Å². The lowest BCUT2D eigenvalue weighted by atomic mass is 9.86. The minimum Gasteiger partial charge on any atom is -0.481 e. The first kappa shape index (κ1) is 25.4. The molecule has 2 aromatic carbocycles. The van der Waals surface area contributed by atoms with Crippen LogP contribution in [0.25, 0.3) is 22.4 Å². The molecule has 1 amide bonds. The van der Waals surface area contributed by atoms with Crippen LogP contribution in [0.15, 0.2) is 59.7 Å². The second-order valence-corrected chi connectivity index (χ2v) is 9.25. The number of benzene rings is 2. The highest BCUT2D eigenvalue weighted by Crippen LogP contribution is 2.34. The summed E-state index contributed by atoms with van der Waals surface area (Å²) in [5.74, 6) is -1.69. The van der Waals surface area contributed by atoms with Crippen molar-refractivity contribution in [1.29, 1.82) is 0 Å². The third-order valence-corrected chi connectivity index (χ3v) is 6.85. The molecule has 1 aliphatic carbocycles. The number of non-ortho nitro benzene ring substituents is 1. The molecule has 1 saturated carbocycles. The minimum atomic E-state index is -0.845. The molecule has 0 spiro atoms. The van der Waals surface area contributed by atoms with Crippen LogP contribution in [0.5, 0.6) is 0 Å². The first-order chi connectivity index (χ1) is 18.7. The van der Waals surface area contributed by atoms with Crippen molar-refractivity contribution in [2.75, 3.05) is 11.1 Å². The van der Waals surface area contributed by atoms with Crippen molar-refractivity contribution in [3.8, 4) is 11.3 Å². The normalized spacial score (nSPS) is 17.0. The number of nitro groups is 1. The number of carboxylic acid groups (broad SMARTS) is 1. The van der Waals surface area contributed by atoms with Crippen molar-refractivity contribution in [2.45, 2.75) is 31.7 Å². The molecular formula is C26H23N7O6. The Balaban J connectivity index is 1.48. The van der Waals surface area contributed by atoms with Crippen LogP contribution in [0.4, 0.5) is 17.2 Å². The molecule has 0 saturated heterocycles. The van der Waals surface area contributed by atoms with Crippen molar-refractivity contribution < 1.29 is 19.6 Å². The number of nitrogens with one attached hydrogen (secondary N) is 1. The largest absolute Gasteiger partial charge is 0.481 e. The van der Waals surface area contributed by atoms with Gasteiger partial charge in [0.1, 0.15) is 17.5 Å². The SMILES string of the molecule is Nc1ncnc2c1nc(-c1ccc(C(=O)Nc3cccc([N+](=O)[O-])c3)cc1)c(=O)n2C1CCC(C(=O)O)CC1. The molecule has 0 bridgehead atoms. The predicted molar refractivity (Wildman–Crippen MR) is 141 cm³/mol. The second-order valence-electron chi connectivity index (χ2n) is 9.25. The van der Waals surface area contributed by atoms with Gasteiger partial charge in [-0.3, -0.25) is 29.1 Å². The number of fused-ring (bicyclic) bond motifs is 1. The van der Waals surface area contributed by atoms with Crippen LogP contribution in [0.1, 0.15) is 42.1 Å². The maximum atomic E-state index is 13.7. The number of nitrogens with two attached hydrogens (primary N) is 1. The molecule has 13 nitrogen and oxygen atoms in total. The number of nitrogens with zero attached hydrogens (tertiary/aromatic N) is 5. The number of anilines is 2. The van der Waals surface area contributed by atoms with Crippen LogP contribution < -0.4 is 16.6 Å². The standard InChI is InChI=1S/C26H23N7O6/c27-22-21-23(29-13-28-22)32(18-10-8-16(9-11-18)26(36)37)25(35)20(31-21)14-4-6-15(7-5-14)24(34)30-17-2-1-3-19(12-17)33(38)39/h1-7,12-13,16,18H,8-11H2,(H,30,34)(H,36,37)(H2,27,28,29). The first-order valence-electron chi connectivity index (χ1n) is 12.1. The van der Waals surface area contributed by atoms with Gasteiger partial charge in [0.05, 0.1) is 10.8 Å². The fourth-order valence-corrected chi connectivity index (χ4v) is 4.82. The summed E-state index contributed by atoms with van der Waals surface area (Å²) in [5, 5.41) is 23.0. The van der Waals surface area contributed by atoms with E-state index in [0.29, 0.717) is 31.2 Å². The molecule has 2 aromatic heterocycles. The molecule has 4 aromatic rings. The van der Waals surface area contributed by atoms with Crippen LogP contribution >= 0.6 is 0 Å². The number of amides is 1. The fourth-order valence-electron chi connectivity index (χ4n) is 4.82. The minimum absolute atomic E-state index is 0.0926. The van der Waals surface area contributed by atoms with E-state index in [-0.39, 0.29) is 45.7 Å². The Kier molecular flexibility index (Phi) is 6.71. The fraction of sp³-hybridized carbons (Fsp3) is 0.231. The van der Waals surface area contributed by atoms with Gasteiger partial charge >= 0.3 is 5.97 Å². The van der Waals surface area contributed by atoms with Gasteiger partial charge in [0.15, 0.2) is 11.5 Å². The summed E-state index contributed by atoms with van der Waals surface area (Å²) in [6.45, 7) is 0. The molecule has 5 rings (SSSR count). The molecule has 1 aliphatic rings. The van der Waals surface area contributed by atoms with E-state index in [4.69, 9.17) is 5.73 Å². The first-order valence-corrected chi connectivity index (χ1v) is 12.1. The Hall–Kier alpha value is -5.20. The van der Waals surface area contributed by atoms with E-state index in [1.807, 2.05) is 0 Å². The van der Waals surface area contributed by atoms with Crippen molar-refractivity contribution in [3.05, 3.63) is 80.9 Å². The Morgan fingerprint density at radius 3 is 2.46 bits per heavy atom. The van der Waals surface area contributed by atoms with Crippen LogP contribution in [0.2, 0.25) is 0 Å². The maximum absolute atomic E-state index is 13.7. The van der Waals surface area contributed by atoms with E-state index in [1.54, 1.807) is 12.1 Å².